The van der Waals surface area contributed by atoms with Crippen molar-refractivity contribution in [3.05, 3.63) is 29.6 Å². The Morgan fingerprint density at radius 3 is 2.29 bits per heavy atom. The Morgan fingerprint density at radius 1 is 0.929 bits per heavy atom. The fourth-order valence-corrected chi connectivity index (χ4v) is 10.9. The highest BCUT2D eigenvalue weighted by atomic mass is 32.2. The van der Waals surface area contributed by atoms with Crippen LogP contribution in [0.25, 0.3) is 0 Å². The lowest BCUT2D eigenvalue weighted by Gasteiger charge is -2.41. The average molecular weight is 601 g/mol. The molecule has 0 spiro atoms. The summed E-state index contributed by atoms with van der Waals surface area (Å²) in [5, 5.41) is 0. The minimum atomic E-state index is -3.39. The number of hydrogen-bond donors (Lipinski definition) is 1. The number of nitrogens with zero attached hydrogens (tertiary/aromatic N) is 3. The van der Waals surface area contributed by atoms with Crippen molar-refractivity contribution < 1.29 is 22.4 Å². The number of nitrogens with one attached hydrogen (secondary N) is 1. The molecular weight excluding hydrogens is 555 g/mol. The topological polar surface area (TPSA) is 90.0 Å². The van der Waals surface area contributed by atoms with Crippen LogP contribution in [-0.4, -0.2) is 81.1 Å². The van der Waals surface area contributed by atoms with Gasteiger partial charge in [0.15, 0.2) is 0 Å². The maximum Gasteiger partial charge on any atom is 0.233 e. The third kappa shape index (κ3) is 4.99. The van der Waals surface area contributed by atoms with Gasteiger partial charge in [-0.1, -0.05) is 25.8 Å². The number of halogens is 1. The predicted octanol–water partition coefficient (Wildman–Crippen LogP) is 3.26. The van der Waals surface area contributed by atoms with Gasteiger partial charge in [-0.2, -0.15) is 0 Å². The molecule has 8 nitrogen and oxygen atoms in total. The zero-order valence-electron chi connectivity index (χ0n) is 24.9. The largest absolute Gasteiger partial charge is 0.368 e. The van der Waals surface area contributed by atoms with E-state index in [0.717, 1.165) is 76.8 Å². The molecule has 8 atom stereocenters. The van der Waals surface area contributed by atoms with Crippen LogP contribution in [0.15, 0.2) is 18.2 Å². The quantitative estimate of drug-likeness (QED) is 0.484. The highest BCUT2D eigenvalue weighted by Crippen LogP contribution is 2.59. The molecule has 7 rings (SSSR count). The standard InChI is InChI=1S/C32H45FN4O4S/c1-19-25-16-26(30(19)34-42(2,40)41)29-28(25)31(38)37(32(29)39)18-22-6-4-3-5-21(22)17-35-12-10-24(11-13-35)36-14-9-20-7-8-23(33)15-27(20)36/h7-8,15,19,21-22,24-26,28-30,34H,3-6,9-14,16-18H2,1-2H3/t19?,21-,22-,25?,26?,28?,29?,30?/m0/s1. The fourth-order valence-electron chi connectivity index (χ4n) is 9.97. The summed E-state index contributed by atoms with van der Waals surface area (Å²) in [6.07, 6.45) is 9.59. The Kier molecular flexibility index (Phi) is 7.41. The summed E-state index contributed by atoms with van der Waals surface area (Å²) in [6, 6.07) is 5.39. The average Bonchev–Trinajstić information content (AvgIpc) is 3.68. The molecule has 230 valence electrons. The number of amides is 2. The number of carbonyl (C=O) groups excluding carboxylic acids is 2. The van der Waals surface area contributed by atoms with Crippen molar-refractivity contribution in [3.8, 4) is 0 Å². The van der Waals surface area contributed by atoms with E-state index in [1.54, 1.807) is 17.0 Å². The second-order valence-corrected chi connectivity index (χ2v) is 16.0. The van der Waals surface area contributed by atoms with Crippen molar-refractivity contribution in [2.75, 3.05) is 43.9 Å². The second-order valence-electron chi connectivity index (χ2n) is 14.2. The van der Waals surface area contributed by atoms with Crippen LogP contribution in [0.5, 0.6) is 0 Å². The summed E-state index contributed by atoms with van der Waals surface area (Å²) in [5.41, 5.74) is 2.33. The first-order valence-electron chi connectivity index (χ1n) is 16.2. The van der Waals surface area contributed by atoms with Gasteiger partial charge in [-0.25, -0.2) is 17.5 Å². The van der Waals surface area contributed by atoms with Crippen LogP contribution >= 0.6 is 0 Å². The number of fused-ring (bicyclic) bond motifs is 6. The lowest BCUT2D eigenvalue weighted by molar-refractivity contribution is -0.142. The number of benzene rings is 1. The second kappa shape index (κ2) is 10.8. The maximum atomic E-state index is 14.0. The first kappa shape index (κ1) is 28.7. The Labute approximate surface area is 249 Å². The Bertz CT molecular complexity index is 1350. The van der Waals surface area contributed by atoms with Crippen LogP contribution in [0.3, 0.4) is 0 Å². The normalized spacial score (nSPS) is 37.1. The zero-order valence-corrected chi connectivity index (χ0v) is 25.7. The van der Waals surface area contributed by atoms with Crippen molar-refractivity contribution >= 4 is 27.5 Å². The molecule has 2 bridgehead atoms. The Hall–Kier alpha value is -2.04. The lowest BCUT2D eigenvalue weighted by atomic mass is 9.73. The van der Waals surface area contributed by atoms with Gasteiger partial charge >= 0.3 is 0 Å². The van der Waals surface area contributed by atoms with E-state index in [1.165, 1.54) is 18.2 Å². The van der Waals surface area contributed by atoms with Crippen LogP contribution in [0, 0.1) is 47.2 Å². The summed E-state index contributed by atoms with van der Waals surface area (Å²) in [6.45, 7) is 6.58. The molecule has 2 amide bonds. The predicted molar refractivity (Wildman–Crippen MR) is 159 cm³/mol. The third-order valence-electron chi connectivity index (χ3n) is 12.0. The van der Waals surface area contributed by atoms with E-state index < -0.39 is 10.0 Å². The molecule has 2 saturated heterocycles. The van der Waals surface area contributed by atoms with E-state index in [4.69, 9.17) is 0 Å². The minimum absolute atomic E-state index is 0.00498. The molecule has 3 heterocycles. The van der Waals surface area contributed by atoms with Gasteiger partial charge in [-0.3, -0.25) is 14.5 Å². The molecule has 42 heavy (non-hydrogen) atoms. The van der Waals surface area contributed by atoms with Crippen molar-refractivity contribution in [1.82, 2.24) is 14.5 Å². The maximum absolute atomic E-state index is 14.0. The van der Waals surface area contributed by atoms with Crippen LogP contribution in [0.1, 0.15) is 57.4 Å². The van der Waals surface area contributed by atoms with E-state index in [2.05, 4.69) is 14.5 Å². The van der Waals surface area contributed by atoms with E-state index in [0.29, 0.717) is 24.4 Å². The smallest absolute Gasteiger partial charge is 0.233 e. The van der Waals surface area contributed by atoms with Gasteiger partial charge in [0.25, 0.3) is 0 Å². The number of imide groups is 1. The number of rotatable bonds is 7. The first-order valence-corrected chi connectivity index (χ1v) is 18.1. The SMILES string of the molecule is CC1C2CC(C1NS(C)(=O)=O)C1C(=O)N(C[C@@H]3CCCC[C@H]3CN3CCC(N4CCc5ccc(F)cc54)CC3)C(=O)C21. The van der Waals surface area contributed by atoms with Crippen molar-refractivity contribution in [1.29, 1.82) is 0 Å². The van der Waals surface area contributed by atoms with E-state index in [9.17, 15) is 22.4 Å². The van der Waals surface area contributed by atoms with E-state index in [-0.39, 0.29) is 53.3 Å². The van der Waals surface area contributed by atoms with Gasteiger partial charge < -0.3 is 9.80 Å². The summed E-state index contributed by atoms with van der Waals surface area (Å²) in [4.78, 5) is 34.0. The molecule has 1 aromatic rings. The van der Waals surface area contributed by atoms with Crippen LogP contribution in [-0.2, 0) is 26.0 Å². The molecule has 1 aromatic carbocycles. The molecule has 3 saturated carbocycles. The Balaban J connectivity index is 0.976. The molecular formula is C32H45FN4O4S. The van der Waals surface area contributed by atoms with Crippen LogP contribution in [0.4, 0.5) is 10.1 Å². The molecule has 5 fully saturated rings. The Morgan fingerprint density at radius 2 is 1.60 bits per heavy atom. The minimum Gasteiger partial charge on any atom is -0.368 e. The monoisotopic (exact) mass is 600 g/mol. The number of likely N-dealkylation sites (tertiary alicyclic amines) is 2. The summed E-state index contributed by atoms with van der Waals surface area (Å²) in [7, 11) is -3.39. The summed E-state index contributed by atoms with van der Waals surface area (Å²) in [5.74, 6) is -0.0501. The first-order chi connectivity index (χ1) is 20.1. The van der Waals surface area contributed by atoms with E-state index in [1.807, 2.05) is 13.0 Å². The van der Waals surface area contributed by atoms with Gasteiger partial charge in [0.05, 0.1) is 18.1 Å². The lowest BCUT2D eigenvalue weighted by Crippen LogP contribution is -2.48. The molecule has 0 radical (unpaired) electrons. The van der Waals surface area contributed by atoms with Crippen LogP contribution in [0.2, 0.25) is 0 Å². The molecule has 6 aliphatic rings. The van der Waals surface area contributed by atoms with Gasteiger partial charge in [0.1, 0.15) is 5.82 Å². The van der Waals surface area contributed by atoms with Crippen LogP contribution < -0.4 is 9.62 Å². The summed E-state index contributed by atoms with van der Waals surface area (Å²) < 4.78 is 40.8. The number of sulfonamides is 1. The van der Waals surface area contributed by atoms with Crippen molar-refractivity contribution in [3.63, 3.8) is 0 Å². The van der Waals surface area contributed by atoms with Gasteiger partial charge in [0.2, 0.25) is 21.8 Å². The molecule has 0 aromatic heterocycles. The zero-order chi connectivity index (χ0) is 29.3. The summed E-state index contributed by atoms with van der Waals surface area (Å²) >= 11 is 0. The number of carbonyl (C=O) groups is 2. The van der Waals surface area contributed by atoms with Crippen molar-refractivity contribution in [2.45, 2.75) is 70.4 Å². The molecule has 10 heteroatoms. The molecule has 3 aliphatic heterocycles. The van der Waals surface area contributed by atoms with E-state index >= 15 is 0 Å². The molecule has 1 N–H and O–H groups in total. The molecule has 3 aliphatic carbocycles. The number of hydrogen-bond acceptors (Lipinski definition) is 6. The number of anilines is 1. The van der Waals surface area contributed by atoms with Gasteiger partial charge in [-0.15, -0.1) is 0 Å². The van der Waals surface area contributed by atoms with Gasteiger partial charge in [-0.05, 0) is 85.8 Å². The highest BCUT2D eigenvalue weighted by Gasteiger charge is 2.66. The van der Waals surface area contributed by atoms with Crippen molar-refractivity contribution in [2.24, 2.45) is 41.4 Å². The van der Waals surface area contributed by atoms with Gasteiger partial charge in [0, 0.05) is 50.5 Å². The molecule has 6 unspecified atom stereocenters. The highest BCUT2D eigenvalue weighted by molar-refractivity contribution is 7.88. The number of piperidine rings is 1. The fraction of sp³-hybridized carbons (Fsp3) is 0.750. The third-order valence-corrected chi connectivity index (χ3v) is 12.7.